The molecule has 0 saturated heterocycles. The summed E-state index contributed by atoms with van der Waals surface area (Å²) in [6.07, 6.45) is 1.00. The van der Waals surface area contributed by atoms with E-state index in [0.717, 1.165) is 12.1 Å². The lowest BCUT2D eigenvalue weighted by Crippen LogP contribution is -2.45. The zero-order valence-electron chi connectivity index (χ0n) is 11.1. The Hall–Kier alpha value is -1.21. The van der Waals surface area contributed by atoms with Crippen molar-refractivity contribution < 1.29 is 17.2 Å². The maximum atomic E-state index is 13.7. The Morgan fingerprint density at radius 2 is 1.63 bits per heavy atom. The van der Waals surface area contributed by atoms with Gasteiger partial charge in [-0.25, -0.2) is 21.9 Å². The fourth-order valence-electron chi connectivity index (χ4n) is 1.61. The molecule has 0 radical (unpaired) electrons. The minimum atomic E-state index is -4.28. The van der Waals surface area contributed by atoms with Crippen LogP contribution in [0.1, 0.15) is 33.6 Å². The number of halogens is 2. The van der Waals surface area contributed by atoms with E-state index in [1.807, 2.05) is 0 Å². The molecular formula is C12H18F2N2O2S. The van der Waals surface area contributed by atoms with Crippen LogP contribution in [0.5, 0.6) is 0 Å². The fraction of sp³-hybridized carbons (Fsp3) is 0.500. The molecule has 0 saturated carbocycles. The quantitative estimate of drug-likeness (QED) is 0.819. The summed E-state index contributed by atoms with van der Waals surface area (Å²) in [6.45, 7) is 5.26. The normalized spacial score (nSPS) is 12.7. The van der Waals surface area contributed by atoms with E-state index in [1.165, 1.54) is 0 Å². The van der Waals surface area contributed by atoms with Gasteiger partial charge in [-0.2, -0.15) is 0 Å². The van der Waals surface area contributed by atoms with E-state index >= 15 is 0 Å². The standard InChI is InChI=1S/C12H18F2N2O2S/c1-4-12(3,5-2)16-19(17,18)11-9(13)6-8(15)7-10(11)14/h6-7,16H,4-5,15H2,1-3H3. The highest BCUT2D eigenvalue weighted by Crippen LogP contribution is 2.24. The summed E-state index contributed by atoms with van der Waals surface area (Å²) in [5.74, 6) is -2.39. The average molecular weight is 292 g/mol. The van der Waals surface area contributed by atoms with Gasteiger partial charge in [0.05, 0.1) is 0 Å². The van der Waals surface area contributed by atoms with Gasteiger partial charge in [-0.1, -0.05) is 13.8 Å². The zero-order valence-corrected chi connectivity index (χ0v) is 11.9. The fourth-order valence-corrected chi connectivity index (χ4v) is 3.28. The van der Waals surface area contributed by atoms with E-state index in [-0.39, 0.29) is 5.69 Å². The topological polar surface area (TPSA) is 72.2 Å². The molecule has 0 aromatic heterocycles. The van der Waals surface area contributed by atoms with Crippen LogP contribution in [0.4, 0.5) is 14.5 Å². The first-order valence-corrected chi connectivity index (χ1v) is 7.42. The first-order valence-electron chi connectivity index (χ1n) is 5.93. The second-order valence-corrected chi connectivity index (χ2v) is 6.31. The van der Waals surface area contributed by atoms with Crippen LogP contribution < -0.4 is 10.5 Å². The van der Waals surface area contributed by atoms with Gasteiger partial charge in [0.1, 0.15) is 11.6 Å². The summed E-state index contributed by atoms with van der Waals surface area (Å²) >= 11 is 0. The molecule has 0 unspecified atom stereocenters. The average Bonchev–Trinajstić information content (AvgIpc) is 2.26. The summed E-state index contributed by atoms with van der Waals surface area (Å²) in [5.41, 5.74) is 4.34. The summed E-state index contributed by atoms with van der Waals surface area (Å²) in [4.78, 5) is -0.991. The van der Waals surface area contributed by atoms with Crippen LogP contribution in [0.25, 0.3) is 0 Å². The number of sulfonamides is 1. The summed E-state index contributed by atoms with van der Waals surface area (Å²) in [6, 6.07) is 1.57. The largest absolute Gasteiger partial charge is 0.399 e. The van der Waals surface area contributed by atoms with Crippen LogP contribution in [0, 0.1) is 11.6 Å². The van der Waals surface area contributed by atoms with Crippen molar-refractivity contribution in [2.45, 2.75) is 44.0 Å². The zero-order chi connectivity index (χ0) is 14.8. The summed E-state index contributed by atoms with van der Waals surface area (Å²) < 4.78 is 53.8. The molecule has 108 valence electrons. The molecule has 1 rings (SSSR count). The van der Waals surface area contributed by atoms with Gasteiger partial charge < -0.3 is 5.73 Å². The van der Waals surface area contributed by atoms with Gasteiger partial charge in [0.15, 0.2) is 4.90 Å². The number of anilines is 1. The monoisotopic (exact) mass is 292 g/mol. The predicted octanol–water partition coefficient (Wildman–Crippen LogP) is 2.40. The molecular weight excluding hydrogens is 274 g/mol. The summed E-state index contributed by atoms with van der Waals surface area (Å²) in [5, 5.41) is 0. The van der Waals surface area contributed by atoms with Crippen LogP contribution in [0.3, 0.4) is 0 Å². The maximum Gasteiger partial charge on any atom is 0.246 e. The molecule has 7 heteroatoms. The predicted molar refractivity (Wildman–Crippen MR) is 70.1 cm³/mol. The van der Waals surface area contributed by atoms with Crippen molar-refractivity contribution in [1.82, 2.24) is 4.72 Å². The Labute approximate surface area is 112 Å². The van der Waals surface area contributed by atoms with Crippen molar-refractivity contribution in [3.63, 3.8) is 0 Å². The second kappa shape index (κ2) is 5.42. The SMILES string of the molecule is CCC(C)(CC)NS(=O)(=O)c1c(F)cc(N)cc1F. The van der Waals surface area contributed by atoms with Crippen LogP contribution in [-0.4, -0.2) is 14.0 Å². The third-order valence-electron chi connectivity index (χ3n) is 3.23. The number of rotatable bonds is 5. The van der Waals surface area contributed by atoms with Gasteiger partial charge in [-0.3, -0.25) is 0 Å². The third-order valence-corrected chi connectivity index (χ3v) is 4.92. The minimum Gasteiger partial charge on any atom is -0.399 e. The van der Waals surface area contributed by atoms with Gasteiger partial charge in [-0.05, 0) is 31.9 Å². The molecule has 1 aromatic rings. The summed E-state index contributed by atoms with van der Waals surface area (Å²) in [7, 11) is -4.28. The van der Waals surface area contributed by atoms with Gasteiger partial charge in [0.25, 0.3) is 0 Å². The van der Waals surface area contributed by atoms with Crippen LogP contribution >= 0.6 is 0 Å². The van der Waals surface area contributed by atoms with Crippen molar-refractivity contribution in [1.29, 1.82) is 0 Å². The molecule has 4 nitrogen and oxygen atoms in total. The van der Waals surface area contributed by atoms with E-state index in [0.29, 0.717) is 12.8 Å². The number of hydrogen-bond acceptors (Lipinski definition) is 3. The van der Waals surface area contributed by atoms with E-state index in [4.69, 9.17) is 5.73 Å². The van der Waals surface area contributed by atoms with E-state index in [2.05, 4.69) is 4.72 Å². The molecule has 0 aliphatic heterocycles. The number of nitrogens with one attached hydrogen (secondary N) is 1. The Balaban J connectivity index is 3.29. The first kappa shape index (κ1) is 15.8. The van der Waals surface area contributed by atoms with Crippen molar-refractivity contribution in [2.24, 2.45) is 0 Å². The minimum absolute atomic E-state index is 0.164. The third kappa shape index (κ3) is 3.42. The number of benzene rings is 1. The highest BCUT2D eigenvalue weighted by atomic mass is 32.2. The molecule has 0 heterocycles. The van der Waals surface area contributed by atoms with Crippen LogP contribution in [0.2, 0.25) is 0 Å². The van der Waals surface area contributed by atoms with Crippen molar-refractivity contribution >= 4 is 15.7 Å². The molecule has 0 aliphatic rings. The van der Waals surface area contributed by atoms with E-state index < -0.39 is 32.1 Å². The van der Waals surface area contributed by atoms with Crippen molar-refractivity contribution in [3.8, 4) is 0 Å². The molecule has 0 bridgehead atoms. The van der Waals surface area contributed by atoms with Gasteiger partial charge >= 0.3 is 0 Å². The lowest BCUT2D eigenvalue weighted by atomic mass is 9.98. The Kier molecular flexibility index (Phi) is 4.52. The Bertz CT molecular complexity index is 546. The molecule has 3 N–H and O–H groups in total. The molecule has 0 aliphatic carbocycles. The highest BCUT2D eigenvalue weighted by molar-refractivity contribution is 7.89. The van der Waals surface area contributed by atoms with Crippen molar-refractivity contribution in [3.05, 3.63) is 23.8 Å². The molecule has 0 fully saturated rings. The molecule has 0 amide bonds. The highest BCUT2D eigenvalue weighted by Gasteiger charge is 2.31. The van der Waals surface area contributed by atoms with E-state index in [9.17, 15) is 17.2 Å². The van der Waals surface area contributed by atoms with Gasteiger partial charge in [-0.15, -0.1) is 0 Å². The lowest BCUT2D eigenvalue weighted by molar-refractivity contribution is 0.386. The molecule has 19 heavy (non-hydrogen) atoms. The Morgan fingerprint density at radius 3 is 2.00 bits per heavy atom. The molecule has 1 aromatic carbocycles. The second-order valence-electron chi connectivity index (χ2n) is 4.69. The number of hydrogen-bond donors (Lipinski definition) is 2. The van der Waals surface area contributed by atoms with Crippen LogP contribution in [0.15, 0.2) is 17.0 Å². The number of nitrogens with two attached hydrogens (primary N) is 1. The van der Waals surface area contributed by atoms with Crippen molar-refractivity contribution in [2.75, 3.05) is 5.73 Å². The molecule has 0 atom stereocenters. The van der Waals surface area contributed by atoms with Gasteiger partial charge in [0, 0.05) is 11.2 Å². The van der Waals surface area contributed by atoms with Gasteiger partial charge in [0.2, 0.25) is 10.0 Å². The first-order chi connectivity index (χ1) is 8.65. The van der Waals surface area contributed by atoms with E-state index in [1.54, 1.807) is 20.8 Å². The Morgan fingerprint density at radius 1 is 1.21 bits per heavy atom. The maximum absolute atomic E-state index is 13.7. The van der Waals surface area contributed by atoms with Crippen LogP contribution in [-0.2, 0) is 10.0 Å². The smallest absolute Gasteiger partial charge is 0.246 e. The lowest BCUT2D eigenvalue weighted by Gasteiger charge is -2.27. The number of nitrogen functional groups attached to an aromatic ring is 1. The molecule has 0 spiro atoms.